The van der Waals surface area contributed by atoms with Crippen LogP contribution < -0.4 is 15.1 Å². The van der Waals surface area contributed by atoms with Crippen molar-refractivity contribution in [2.75, 3.05) is 13.1 Å². The van der Waals surface area contributed by atoms with Gasteiger partial charge in [0.1, 0.15) is 29.2 Å². The number of carbonyl (C=O) groups excluding carboxylic acids is 1. The molecule has 9 nitrogen and oxygen atoms in total. The molecule has 1 amide bonds. The highest BCUT2D eigenvalue weighted by Crippen LogP contribution is 2.37. The molecule has 3 rings (SSSR count). The number of rotatable bonds is 5. The summed E-state index contributed by atoms with van der Waals surface area (Å²) in [6, 6.07) is 2.28. The van der Waals surface area contributed by atoms with E-state index in [0.29, 0.717) is 18.3 Å². The van der Waals surface area contributed by atoms with Gasteiger partial charge in [-0.3, -0.25) is 4.79 Å². The average Bonchev–Trinajstić information content (AvgIpc) is 2.55. The molecule has 1 saturated heterocycles. The Labute approximate surface area is 150 Å². The van der Waals surface area contributed by atoms with E-state index in [1.807, 2.05) is 0 Å². The number of likely N-dealkylation sites (tertiary alicyclic amines) is 1. The van der Waals surface area contributed by atoms with Gasteiger partial charge in [-0.25, -0.2) is 4.79 Å². The second-order valence-electron chi connectivity index (χ2n) is 6.59. The van der Waals surface area contributed by atoms with Crippen molar-refractivity contribution in [3.05, 3.63) is 23.3 Å². The molecule has 10 heteroatoms. The zero-order valence-electron chi connectivity index (χ0n) is 14.3. The smallest absolute Gasteiger partial charge is 0.522 e. The standard InChI is InChI=1S/C16H21BN2O7/c1-8(20)13(18)15(21)19-6-10(7-19)25-11-3-2-9-4-5-17(24)26-14(9)12(11)16(22)23/h2-3,8,10,13,20,24H,4-7,18H2,1H3,(H,22,23). The lowest BCUT2D eigenvalue weighted by Gasteiger charge is -2.40. The monoisotopic (exact) mass is 364 g/mol. The van der Waals surface area contributed by atoms with Crippen LogP contribution in [0, 0.1) is 0 Å². The van der Waals surface area contributed by atoms with Crippen LogP contribution in [0.25, 0.3) is 0 Å². The van der Waals surface area contributed by atoms with Gasteiger partial charge in [0.15, 0.2) is 0 Å². The number of aromatic carboxylic acids is 1. The topological polar surface area (TPSA) is 143 Å². The molecule has 2 aliphatic rings. The third-order valence-corrected chi connectivity index (χ3v) is 4.59. The molecule has 0 bridgehead atoms. The zero-order chi connectivity index (χ0) is 19.0. The number of hydrogen-bond donors (Lipinski definition) is 4. The summed E-state index contributed by atoms with van der Waals surface area (Å²) in [7, 11) is -1.05. The highest BCUT2D eigenvalue weighted by atomic mass is 16.5. The number of aryl methyl sites for hydroxylation is 1. The summed E-state index contributed by atoms with van der Waals surface area (Å²) in [5.74, 6) is -1.34. The highest BCUT2D eigenvalue weighted by Gasteiger charge is 2.37. The largest absolute Gasteiger partial charge is 0.535 e. The summed E-state index contributed by atoms with van der Waals surface area (Å²) >= 11 is 0. The van der Waals surface area contributed by atoms with Gasteiger partial charge >= 0.3 is 13.1 Å². The summed E-state index contributed by atoms with van der Waals surface area (Å²) in [4.78, 5) is 25.1. The van der Waals surface area contributed by atoms with Gasteiger partial charge in [-0.15, -0.1) is 0 Å². The maximum atomic E-state index is 12.0. The van der Waals surface area contributed by atoms with E-state index >= 15 is 0 Å². The lowest BCUT2D eigenvalue weighted by atomic mass is 9.78. The van der Waals surface area contributed by atoms with Crippen molar-refractivity contribution in [2.45, 2.75) is 37.9 Å². The van der Waals surface area contributed by atoms with Crippen molar-refractivity contribution in [3.8, 4) is 11.5 Å². The number of carboxylic acid groups (broad SMARTS) is 1. The van der Waals surface area contributed by atoms with Crippen molar-refractivity contribution in [3.63, 3.8) is 0 Å². The van der Waals surface area contributed by atoms with E-state index < -0.39 is 25.2 Å². The number of carboxylic acids is 1. The fourth-order valence-corrected chi connectivity index (χ4v) is 3.00. The minimum Gasteiger partial charge on any atom is -0.535 e. The summed E-state index contributed by atoms with van der Waals surface area (Å²) < 4.78 is 11.0. The molecule has 140 valence electrons. The third kappa shape index (κ3) is 3.48. The van der Waals surface area contributed by atoms with Crippen LogP contribution in [0.3, 0.4) is 0 Å². The summed E-state index contributed by atoms with van der Waals surface area (Å²) in [6.45, 7) is 1.94. The van der Waals surface area contributed by atoms with Crippen LogP contribution >= 0.6 is 0 Å². The number of aliphatic hydroxyl groups excluding tert-OH is 1. The van der Waals surface area contributed by atoms with Crippen LogP contribution in [0.2, 0.25) is 6.32 Å². The van der Waals surface area contributed by atoms with E-state index in [1.54, 1.807) is 12.1 Å². The number of nitrogens with two attached hydrogens (primary N) is 1. The van der Waals surface area contributed by atoms with Gasteiger partial charge in [0.05, 0.1) is 19.2 Å². The molecule has 0 aliphatic carbocycles. The van der Waals surface area contributed by atoms with Gasteiger partial charge in [0, 0.05) is 0 Å². The van der Waals surface area contributed by atoms with Gasteiger partial charge < -0.3 is 35.3 Å². The highest BCUT2D eigenvalue weighted by molar-refractivity contribution is 6.44. The fourth-order valence-electron chi connectivity index (χ4n) is 3.00. The molecule has 1 fully saturated rings. The molecule has 26 heavy (non-hydrogen) atoms. The van der Waals surface area contributed by atoms with Gasteiger partial charge in [0.2, 0.25) is 5.91 Å². The van der Waals surface area contributed by atoms with Crippen molar-refractivity contribution in [1.82, 2.24) is 4.90 Å². The summed E-state index contributed by atoms with van der Waals surface area (Å²) in [6.07, 6.45) is -0.426. The van der Waals surface area contributed by atoms with E-state index in [4.69, 9.17) is 15.1 Å². The third-order valence-electron chi connectivity index (χ3n) is 4.59. The van der Waals surface area contributed by atoms with E-state index in [2.05, 4.69) is 0 Å². The molecule has 0 radical (unpaired) electrons. The molecule has 0 aromatic heterocycles. The van der Waals surface area contributed by atoms with Gasteiger partial charge in [-0.05, 0) is 31.3 Å². The van der Waals surface area contributed by atoms with E-state index in [0.717, 1.165) is 0 Å². The number of benzene rings is 1. The second kappa shape index (κ2) is 7.14. The average molecular weight is 364 g/mol. The SMILES string of the molecule is CC(O)C(N)C(=O)N1CC(Oc2ccc3c(c2C(=O)O)OB(O)CC3)C1. The van der Waals surface area contributed by atoms with Gasteiger partial charge in [-0.1, -0.05) is 6.07 Å². The molecule has 0 saturated carbocycles. The first-order valence-electron chi connectivity index (χ1n) is 8.41. The van der Waals surface area contributed by atoms with Crippen molar-refractivity contribution >= 4 is 19.0 Å². The molecule has 1 aromatic rings. The molecular weight excluding hydrogens is 343 g/mol. The minimum absolute atomic E-state index is 0.122. The zero-order valence-corrected chi connectivity index (χ0v) is 14.3. The van der Waals surface area contributed by atoms with Crippen LogP contribution in [0.15, 0.2) is 12.1 Å². The molecule has 0 spiro atoms. The predicted octanol–water partition coefficient (Wildman–Crippen LogP) is -0.902. The van der Waals surface area contributed by atoms with Crippen LogP contribution in [0.1, 0.15) is 22.8 Å². The molecular formula is C16H21BN2O7. The number of carbonyl (C=O) groups is 2. The fraction of sp³-hybridized carbons (Fsp3) is 0.500. The lowest BCUT2D eigenvalue weighted by Crippen LogP contribution is -2.61. The molecule has 2 heterocycles. The van der Waals surface area contributed by atoms with E-state index in [1.165, 1.54) is 11.8 Å². The van der Waals surface area contributed by atoms with Crippen molar-refractivity contribution in [2.24, 2.45) is 5.73 Å². The van der Waals surface area contributed by atoms with Crippen molar-refractivity contribution < 1.29 is 34.2 Å². The number of fused-ring (bicyclic) bond motifs is 1. The Balaban J connectivity index is 1.71. The van der Waals surface area contributed by atoms with Crippen LogP contribution in [-0.2, 0) is 11.2 Å². The Kier molecular flexibility index (Phi) is 5.08. The normalized spacial score (nSPS) is 19.1. The first-order chi connectivity index (χ1) is 12.3. The number of amides is 1. The molecule has 2 atom stereocenters. The first-order valence-corrected chi connectivity index (χ1v) is 8.41. The Morgan fingerprint density at radius 3 is 2.73 bits per heavy atom. The van der Waals surface area contributed by atoms with Crippen LogP contribution in [0.5, 0.6) is 11.5 Å². The van der Waals surface area contributed by atoms with E-state index in [9.17, 15) is 24.8 Å². The lowest BCUT2D eigenvalue weighted by molar-refractivity contribution is -0.143. The quantitative estimate of drug-likeness (QED) is 0.492. The summed E-state index contributed by atoms with van der Waals surface area (Å²) in [5, 5.41) is 28.6. The molecule has 2 unspecified atom stereocenters. The number of ether oxygens (including phenoxy) is 1. The summed E-state index contributed by atoms with van der Waals surface area (Å²) in [5.41, 5.74) is 6.19. The van der Waals surface area contributed by atoms with Gasteiger partial charge in [0.25, 0.3) is 0 Å². The Morgan fingerprint density at radius 2 is 2.12 bits per heavy atom. The van der Waals surface area contributed by atoms with Crippen LogP contribution in [-0.4, -0.2) is 70.5 Å². The molecule has 2 aliphatic heterocycles. The second-order valence-corrected chi connectivity index (χ2v) is 6.59. The Bertz CT molecular complexity index is 721. The van der Waals surface area contributed by atoms with Gasteiger partial charge in [-0.2, -0.15) is 0 Å². The number of hydrogen-bond acceptors (Lipinski definition) is 7. The minimum atomic E-state index is -1.21. The maximum Gasteiger partial charge on any atom is 0.522 e. The first kappa shape index (κ1) is 18.5. The Morgan fingerprint density at radius 1 is 1.42 bits per heavy atom. The number of nitrogens with zero attached hydrogens (tertiary/aromatic N) is 1. The van der Waals surface area contributed by atoms with Crippen molar-refractivity contribution in [1.29, 1.82) is 0 Å². The predicted molar refractivity (Wildman–Crippen MR) is 91.2 cm³/mol. The molecule has 1 aromatic carbocycles. The molecule has 5 N–H and O–H groups in total. The van der Waals surface area contributed by atoms with Crippen LogP contribution in [0.4, 0.5) is 0 Å². The maximum absolute atomic E-state index is 12.0. The Hall–Kier alpha value is -2.30. The number of aliphatic hydroxyl groups is 1. The van der Waals surface area contributed by atoms with E-state index in [-0.39, 0.29) is 42.2 Å².